The van der Waals surface area contributed by atoms with E-state index >= 15 is 0 Å². The van der Waals surface area contributed by atoms with E-state index in [-0.39, 0.29) is 0 Å². The first-order valence-corrected chi connectivity index (χ1v) is 7.14. The first-order valence-electron chi connectivity index (χ1n) is 6.35. The molecule has 1 aromatic heterocycles. The van der Waals surface area contributed by atoms with Crippen LogP contribution in [0.4, 0.5) is 5.82 Å². The number of nitrogens with zero attached hydrogens (tertiary/aromatic N) is 2. The van der Waals surface area contributed by atoms with Gasteiger partial charge in [0.15, 0.2) is 0 Å². The highest BCUT2D eigenvalue weighted by Gasteiger charge is 2.09. The number of halogens is 1. The molecule has 0 fully saturated rings. The Morgan fingerprint density at radius 3 is 2.59 bits per heavy atom. The minimum absolute atomic E-state index is 0.441. The fraction of sp³-hybridized carbons (Fsp3) is 0.692. The van der Waals surface area contributed by atoms with E-state index in [0.717, 1.165) is 28.6 Å². The lowest BCUT2D eigenvalue weighted by atomic mass is 10.0. The fourth-order valence-electron chi connectivity index (χ4n) is 1.78. The average Bonchev–Trinajstić information content (AvgIpc) is 2.27. The summed E-state index contributed by atoms with van der Waals surface area (Å²) in [6.07, 6.45) is 3.24. The minimum Gasteiger partial charge on any atom is -0.367 e. The van der Waals surface area contributed by atoms with Gasteiger partial charge in [-0.3, -0.25) is 0 Å². The second-order valence-electron chi connectivity index (χ2n) is 4.64. The van der Waals surface area contributed by atoms with E-state index in [1.54, 1.807) is 0 Å². The molecule has 0 bridgehead atoms. The van der Waals surface area contributed by atoms with Gasteiger partial charge in [-0.2, -0.15) is 0 Å². The van der Waals surface area contributed by atoms with Crippen LogP contribution in [-0.4, -0.2) is 16.0 Å². The molecule has 1 heterocycles. The Bertz CT molecular complexity index is 355. The Hall–Kier alpha value is -0.640. The number of aromatic nitrogens is 2. The second kappa shape index (κ2) is 6.94. The number of hydrogen-bond acceptors (Lipinski definition) is 3. The third kappa shape index (κ3) is 5.02. The Kier molecular flexibility index (Phi) is 5.89. The molecular formula is C13H22BrN3. The van der Waals surface area contributed by atoms with Gasteiger partial charge in [0, 0.05) is 18.5 Å². The summed E-state index contributed by atoms with van der Waals surface area (Å²) in [5, 5.41) is 3.44. The van der Waals surface area contributed by atoms with Gasteiger partial charge in [-0.15, -0.1) is 0 Å². The third-order valence-electron chi connectivity index (χ3n) is 2.90. The molecule has 0 aliphatic heterocycles. The van der Waals surface area contributed by atoms with Crippen LogP contribution in [0, 0.1) is 5.92 Å². The van der Waals surface area contributed by atoms with Gasteiger partial charge in [0.05, 0.1) is 0 Å². The third-order valence-corrected chi connectivity index (χ3v) is 3.31. The Balaban J connectivity index is 2.64. The number of hydrogen-bond donors (Lipinski definition) is 1. The summed E-state index contributed by atoms with van der Waals surface area (Å²) in [5.74, 6) is 2.53. The maximum atomic E-state index is 4.47. The number of anilines is 1. The van der Waals surface area contributed by atoms with Crippen molar-refractivity contribution in [1.82, 2.24) is 9.97 Å². The Morgan fingerprint density at radius 1 is 1.29 bits per heavy atom. The van der Waals surface area contributed by atoms with Crippen molar-refractivity contribution in [3.8, 4) is 0 Å². The molecule has 2 atom stereocenters. The quantitative estimate of drug-likeness (QED) is 0.806. The van der Waals surface area contributed by atoms with Gasteiger partial charge in [0.1, 0.15) is 16.2 Å². The number of rotatable bonds is 6. The van der Waals surface area contributed by atoms with Crippen molar-refractivity contribution >= 4 is 21.7 Å². The van der Waals surface area contributed by atoms with E-state index in [4.69, 9.17) is 0 Å². The van der Waals surface area contributed by atoms with E-state index in [2.05, 4.69) is 58.9 Å². The maximum Gasteiger partial charge on any atom is 0.131 e. The molecule has 0 saturated heterocycles. The summed E-state index contributed by atoms with van der Waals surface area (Å²) in [4.78, 5) is 8.78. The van der Waals surface area contributed by atoms with Gasteiger partial charge >= 0.3 is 0 Å². The molecule has 1 rings (SSSR count). The molecule has 96 valence electrons. The van der Waals surface area contributed by atoms with Crippen LogP contribution in [0.15, 0.2) is 10.7 Å². The largest absolute Gasteiger partial charge is 0.367 e. The molecule has 0 spiro atoms. The first-order chi connectivity index (χ1) is 8.05. The summed E-state index contributed by atoms with van der Waals surface area (Å²) in [5.41, 5.74) is 0. The first kappa shape index (κ1) is 14.4. The summed E-state index contributed by atoms with van der Waals surface area (Å²) in [6.45, 7) is 8.78. The van der Waals surface area contributed by atoms with Gasteiger partial charge in [0.2, 0.25) is 0 Å². The molecule has 3 nitrogen and oxygen atoms in total. The van der Waals surface area contributed by atoms with Crippen LogP contribution in [0.25, 0.3) is 0 Å². The molecule has 17 heavy (non-hydrogen) atoms. The van der Waals surface area contributed by atoms with Crippen LogP contribution in [0.1, 0.15) is 46.4 Å². The van der Waals surface area contributed by atoms with Crippen molar-refractivity contribution in [2.45, 2.75) is 53.0 Å². The van der Waals surface area contributed by atoms with Crippen molar-refractivity contribution in [3.63, 3.8) is 0 Å². The molecule has 0 saturated carbocycles. The lowest BCUT2D eigenvalue weighted by Crippen LogP contribution is -2.19. The van der Waals surface area contributed by atoms with Crippen molar-refractivity contribution in [2.75, 3.05) is 5.32 Å². The molecule has 1 aromatic rings. The van der Waals surface area contributed by atoms with Crippen LogP contribution < -0.4 is 5.32 Å². The predicted molar refractivity (Wildman–Crippen MR) is 76.3 cm³/mol. The van der Waals surface area contributed by atoms with E-state index in [0.29, 0.717) is 6.04 Å². The van der Waals surface area contributed by atoms with Crippen LogP contribution in [0.2, 0.25) is 0 Å². The molecule has 0 radical (unpaired) electrons. The van der Waals surface area contributed by atoms with Crippen LogP contribution in [0.5, 0.6) is 0 Å². The summed E-state index contributed by atoms with van der Waals surface area (Å²) in [7, 11) is 0. The van der Waals surface area contributed by atoms with Gasteiger partial charge in [-0.25, -0.2) is 9.97 Å². The maximum absolute atomic E-state index is 4.47. The Labute approximate surface area is 113 Å². The van der Waals surface area contributed by atoms with Gasteiger partial charge < -0.3 is 5.32 Å². The van der Waals surface area contributed by atoms with Gasteiger partial charge in [-0.1, -0.05) is 27.2 Å². The van der Waals surface area contributed by atoms with Crippen molar-refractivity contribution in [1.29, 1.82) is 0 Å². The van der Waals surface area contributed by atoms with Crippen molar-refractivity contribution < 1.29 is 0 Å². The van der Waals surface area contributed by atoms with E-state index in [1.165, 1.54) is 12.8 Å². The zero-order chi connectivity index (χ0) is 12.8. The highest BCUT2D eigenvalue weighted by molar-refractivity contribution is 9.10. The lowest BCUT2D eigenvalue weighted by molar-refractivity contribution is 0.483. The summed E-state index contributed by atoms with van der Waals surface area (Å²) in [6, 6.07) is 2.38. The molecule has 0 aromatic carbocycles. The standard InChI is InChI=1S/C13H22BrN3/c1-5-9(3)7-10(4)15-13-8-11(14)16-12(6-2)17-13/h8-10H,5-7H2,1-4H3,(H,15,16,17). The average molecular weight is 300 g/mol. The van der Waals surface area contributed by atoms with E-state index < -0.39 is 0 Å². The summed E-state index contributed by atoms with van der Waals surface area (Å²) >= 11 is 3.42. The molecule has 0 amide bonds. The normalized spacial score (nSPS) is 14.4. The Morgan fingerprint density at radius 2 is 2.00 bits per heavy atom. The van der Waals surface area contributed by atoms with Crippen LogP contribution in [0.3, 0.4) is 0 Å². The molecular weight excluding hydrogens is 278 g/mol. The van der Waals surface area contributed by atoms with Crippen LogP contribution >= 0.6 is 15.9 Å². The smallest absolute Gasteiger partial charge is 0.131 e. The molecule has 2 unspecified atom stereocenters. The minimum atomic E-state index is 0.441. The van der Waals surface area contributed by atoms with Crippen LogP contribution in [-0.2, 0) is 6.42 Å². The zero-order valence-corrected chi connectivity index (χ0v) is 12.7. The highest BCUT2D eigenvalue weighted by Crippen LogP contribution is 2.16. The molecule has 1 N–H and O–H groups in total. The number of aryl methyl sites for hydroxylation is 1. The topological polar surface area (TPSA) is 37.8 Å². The second-order valence-corrected chi connectivity index (χ2v) is 5.45. The van der Waals surface area contributed by atoms with Crippen molar-refractivity contribution in [2.24, 2.45) is 5.92 Å². The highest BCUT2D eigenvalue weighted by atomic mass is 79.9. The molecule has 4 heteroatoms. The molecule has 0 aliphatic rings. The zero-order valence-electron chi connectivity index (χ0n) is 11.1. The van der Waals surface area contributed by atoms with E-state index in [1.807, 2.05) is 6.07 Å². The SMILES string of the molecule is CCc1nc(Br)cc(NC(C)CC(C)CC)n1. The van der Waals surface area contributed by atoms with E-state index in [9.17, 15) is 0 Å². The lowest BCUT2D eigenvalue weighted by Gasteiger charge is -2.18. The van der Waals surface area contributed by atoms with Gasteiger partial charge in [0.25, 0.3) is 0 Å². The summed E-state index contributed by atoms with van der Waals surface area (Å²) < 4.78 is 0.850. The number of nitrogens with one attached hydrogen (secondary N) is 1. The van der Waals surface area contributed by atoms with Gasteiger partial charge in [-0.05, 0) is 35.2 Å². The predicted octanol–water partition coefficient (Wildman–Crippen LogP) is 4.04. The van der Waals surface area contributed by atoms with Crippen molar-refractivity contribution in [3.05, 3.63) is 16.5 Å². The molecule has 0 aliphatic carbocycles. The monoisotopic (exact) mass is 299 g/mol. The fourth-order valence-corrected chi connectivity index (χ4v) is 2.20.